The number of hydrogen-bond acceptors (Lipinski definition) is 2. The van der Waals surface area contributed by atoms with E-state index in [0.29, 0.717) is 5.78 Å². The predicted molar refractivity (Wildman–Crippen MR) is 59.5 cm³/mol. The lowest BCUT2D eigenvalue weighted by Gasteiger charge is -2.37. The molecule has 1 saturated carbocycles. The largest absolute Gasteiger partial charge is 0.389 e. The van der Waals surface area contributed by atoms with E-state index >= 15 is 0 Å². The molecule has 2 rings (SSSR count). The van der Waals surface area contributed by atoms with Crippen LogP contribution in [0.25, 0.3) is 0 Å². The molecule has 0 spiro atoms. The molecule has 84 valence electrons. The van der Waals surface area contributed by atoms with Crippen LogP contribution in [0.15, 0.2) is 11.1 Å². The number of ketones is 1. The summed E-state index contributed by atoms with van der Waals surface area (Å²) in [4.78, 5) is 12.1. The van der Waals surface area contributed by atoms with Crippen molar-refractivity contribution in [2.45, 2.75) is 58.5 Å². The summed E-state index contributed by atoms with van der Waals surface area (Å²) in [7, 11) is 0. The third-order valence-corrected chi connectivity index (χ3v) is 4.26. The maximum Gasteiger partial charge on any atom is 0.142 e. The van der Waals surface area contributed by atoms with Gasteiger partial charge in [-0.1, -0.05) is 5.57 Å². The molecule has 0 bridgehead atoms. The van der Waals surface area contributed by atoms with Crippen LogP contribution in [0.1, 0.15) is 52.4 Å². The summed E-state index contributed by atoms with van der Waals surface area (Å²) in [6, 6.07) is 0. The molecule has 0 radical (unpaired) electrons. The molecule has 0 aromatic carbocycles. The normalized spacial score (nSPS) is 37.5. The van der Waals surface area contributed by atoms with Crippen LogP contribution >= 0.6 is 0 Å². The highest BCUT2D eigenvalue weighted by molar-refractivity contribution is 5.88. The molecule has 2 atom stereocenters. The van der Waals surface area contributed by atoms with Crippen molar-refractivity contribution >= 4 is 5.78 Å². The maximum absolute atomic E-state index is 12.1. The Kier molecular flexibility index (Phi) is 2.72. The minimum Gasteiger partial charge on any atom is -0.389 e. The van der Waals surface area contributed by atoms with Gasteiger partial charge in [0.25, 0.3) is 0 Å². The number of aliphatic hydroxyl groups is 1. The summed E-state index contributed by atoms with van der Waals surface area (Å²) in [5.41, 5.74) is 2.06. The summed E-state index contributed by atoms with van der Waals surface area (Å²) in [5, 5.41) is 9.84. The van der Waals surface area contributed by atoms with Crippen molar-refractivity contribution in [2.24, 2.45) is 5.41 Å². The van der Waals surface area contributed by atoms with Crippen molar-refractivity contribution in [1.82, 2.24) is 0 Å². The minimum absolute atomic E-state index is 0.250. The van der Waals surface area contributed by atoms with Gasteiger partial charge >= 0.3 is 0 Å². The Morgan fingerprint density at radius 1 is 1.33 bits per heavy atom. The van der Waals surface area contributed by atoms with E-state index in [1.54, 1.807) is 0 Å². The van der Waals surface area contributed by atoms with E-state index in [-0.39, 0.29) is 11.5 Å². The molecular weight excluding hydrogens is 188 g/mol. The van der Waals surface area contributed by atoms with Crippen LogP contribution in [0, 0.1) is 5.41 Å². The Morgan fingerprint density at radius 3 is 2.73 bits per heavy atom. The second kappa shape index (κ2) is 3.75. The van der Waals surface area contributed by atoms with Crippen molar-refractivity contribution in [3.05, 3.63) is 11.1 Å². The van der Waals surface area contributed by atoms with Gasteiger partial charge in [-0.3, -0.25) is 4.79 Å². The third kappa shape index (κ3) is 1.65. The van der Waals surface area contributed by atoms with Crippen molar-refractivity contribution in [3.63, 3.8) is 0 Å². The van der Waals surface area contributed by atoms with Crippen LogP contribution < -0.4 is 0 Å². The van der Waals surface area contributed by atoms with Crippen molar-refractivity contribution in [1.29, 1.82) is 0 Å². The Labute approximate surface area is 91.4 Å². The molecule has 0 aliphatic heterocycles. The summed E-state index contributed by atoms with van der Waals surface area (Å²) < 4.78 is 0. The SMILES string of the molecule is CC1=C2CCCCC(=O)[C@]2(C)CC[C@H]1O. The molecule has 2 aliphatic carbocycles. The molecule has 1 N–H and O–H groups in total. The first-order chi connectivity index (χ1) is 7.05. The van der Waals surface area contributed by atoms with Crippen LogP contribution in [-0.4, -0.2) is 17.0 Å². The molecule has 2 heteroatoms. The monoisotopic (exact) mass is 208 g/mol. The molecule has 0 heterocycles. The van der Waals surface area contributed by atoms with Crippen molar-refractivity contribution < 1.29 is 9.90 Å². The van der Waals surface area contributed by atoms with E-state index < -0.39 is 0 Å². The Bertz CT molecular complexity index is 316. The van der Waals surface area contributed by atoms with Gasteiger partial charge in [0.1, 0.15) is 5.78 Å². The van der Waals surface area contributed by atoms with Gasteiger partial charge in [0, 0.05) is 11.8 Å². The highest BCUT2D eigenvalue weighted by Crippen LogP contribution is 2.46. The van der Waals surface area contributed by atoms with Gasteiger partial charge in [-0.15, -0.1) is 0 Å². The summed E-state index contributed by atoms with van der Waals surface area (Å²) >= 11 is 0. The van der Waals surface area contributed by atoms with Crippen LogP contribution in [-0.2, 0) is 4.79 Å². The van der Waals surface area contributed by atoms with E-state index in [0.717, 1.165) is 44.1 Å². The number of carbonyl (C=O) groups is 1. The van der Waals surface area contributed by atoms with E-state index in [4.69, 9.17) is 0 Å². The maximum atomic E-state index is 12.1. The lowest BCUT2D eigenvalue weighted by atomic mass is 9.67. The zero-order chi connectivity index (χ0) is 11.1. The molecule has 15 heavy (non-hydrogen) atoms. The second-order valence-electron chi connectivity index (χ2n) is 5.18. The molecule has 2 nitrogen and oxygen atoms in total. The number of Topliss-reactive ketones (excluding diaryl/α,β-unsaturated/α-hetero) is 1. The van der Waals surface area contributed by atoms with Crippen LogP contribution in [0.2, 0.25) is 0 Å². The Balaban J connectivity index is 2.45. The van der Waals surface area contributed by atoms with Gasteiger partial charge in [0.05, 0.1) is 6.10 Å². The molecule has 1 fully saturated rings. The number of aliphatic hydroxyl groups excluding tert-OH is 1. The first-order valence-corrected chi connectivity index (χ1v) is 5.97. The average molecular weight is 208 g/mol. The smallest absolute Gasteiger partial charge is 0.142 e. The number of fused-ring (bicyclic) bond motifs is 1. The van der Waals surface area contributed by atoms with Crippen molar-refractivity contribution in [2.75, 3.05) is 0 Å². The van der Waals surface area contributed by atoms with Crippen LogP contribution in [0.4, 0.5) is 0 Å². The number of carbonyl (C=O) groups excluding carboxylic acids is 1. The summed E-state index contributed by atoms with van der Waals surface area (Å²) in [6.45, 7) is 4.07. The van der Waals surface area contributed by atoms with E-state index in [9.17, 15) is 9.90 Å². The molecule has 0 aromatic heterocycles. The average Bonchev–Trinajstić information content (AvgIpc) is 2.35. The number of allylic oxidation sites excluding steroid dienone is 1. The standard InChI is InChI=1S/C13H20O2/c1-9-10-5-3-4-6-12(15)13(10,2)8-7-11(9)14/h11,14H,3-8H2,1-2H3/t11-,13-/m1/s1. The van der Waals surface area contributed by atoms with Crippen LogP contribution in [0.3, 0.4) is 0 Å². The van der Waals surface area contributed by atoms with E-state index in [1.807, 2.05) is 6.92 Å². The lowest BCUT2D eigenvalue weighted by molar-refractivity contribution is -0.126. The number of hydrogen-bond donors (Lipinski definition) is 1. The molecular formula is C13H20O2. The Morgan fingerprint density at radius 2 is 2.00 bits per heavy atom. The Hall–Kier alpha value is -0.630. The zero-order valence-corrected chi connectivity index (χ0v) is 9.68. The first-order valence-electron chi connectivity index (χ1n) is 5.97. The van der Waals surface area contributed by atoms with Gasteiger partial charge < -0.3 is 5.11 Å². The molecule has 0 saturated heterocycles. The van der Waals surface area contributed by atoms with Crippen LogP contribution in [0.5, 0.6) is 0 Å². The topological polar surface area (TPSA) is 37.3 Å². The molecule has 0 aromatic rings. The van der Waals surface area contributed by atoms with Gasteiger partial charge in [0.15, 0.2) is 0 Å². The van der Waals surface area contributed by atoms with Gasteiger partial charge in [-0.25, -0.2) is 0 Å². The van der Waals surface area contributed by atoms with Crippen molar-refractivity contribution in [3.8, 4) is 0 Å². The zero-order valence-electron chi connectivity index (χ0n) is 9.68. The summed E-state index contributed by atoms with van der Waals surface area (Å²) in [5.74, 6) is 0.390. The quantitative estimate of drug-likeness (QED) is 0.621. The second-order valence-corrected chi connectivity index (χ2v) is 5.18. The molecule has 0 amide bonds. The van der Waals surface area contributed by atoms with Gasteiger partial charge in [-0.2, -0.15) is 0 Å². The minimum atomic E-state index is -0.307. The molecule has 0 unspecified atom stereocenters. The fourth-order valence-corrected chi connectivity index (χ4v) is 3.07. The van der Waals surface area contributed by atoms with E-state index in [1.165, 1.54) is 5.57 Å². The predicted octanol–water partition coefficient (Wildman–Crippen LogP) is 2.61. The fourth-order valence-electron chi connectivity index (χ4n) is 3.07. The number of rotatable bonds is 0. The van der Waals surface area contributed by atoms with Gasteiger partial charge in [-0.05, 0) is 51.5 Å². The highest BCUT2D eigenvalue weighted by Gasteiger charge is 2.42. The highest BCUT2D eigenvalue weighted by atomic mass is 16.3. The first kappa shape index (κ1) is 10.9. The fraction of sp³-hybridized carbons (Fsp3) is 0.769. The lowest BCUT2D eigenvalue weighted by Crippen LogP contribution is -2.35. The third-order valence-electron chi connectivity index (χ3n) is 4.26. The van der Waals surface area contributed by atoms with Gasteiger partial charge in [0.2, 0.25) is 0 Å². The summed E-state index contributed by atoms with van der Waals surface area (Å²) in [6.07, 6.45) is 5.12. The molecule has 2 aliphatic rings. The van der Waals surface area contributed by atoms with E-state index in [2.05, 4.69) is 6.92 Å².